The maximum absolute atomic E-state index is 10.0. The van der Waals surface area contributed by atoms with Crippen LogP contribution in [0.25, 0.3) is 0 Å². The molecule has 13 heavy (non-hydrogen) atoms. The van der Waals surface area contributed by atoms with Gasteiger partial charge in [-0.05, 0) is 24.6 Å². The first kappa shape index (κ1) is 9.80. The molecule has 5 heteroatoms. The Morgan fingerprint density at radius 2 is 2.00 bits per heavy atom. The van der Waals surface area contributed by atoms with E-state index in [9.17, 15) is 10.1 Å². The van der Waals surface area contributed by atoms with Crippen molar-refractivity contribution >= 4 is 11.6 Å². The third-order valence-electron chi connectivity index (χ3n) is 1.58. The average Bonchev–Trinajstić information content (AvgIpc) is 2.04. The molecule has 0 aliphatic carbocycles. The van der Waals surface area contributed by atoms with Crippen molar-refractivity contribution < 1.29 is 9.92 Å². The lowest BCUT2D eigenvalue weighted by Crippen LogP contribution is -2.05. The molecule has 0 aliphatic heterocycles. The van der Waals surface area contributed by atoms with Crippen molar-refractivity contribution in [3.8, 4) is 0 Å². The minimum absolute atomic E-state index is 0.563. The van der Waals surface area contributed by atoms with Gasteiger partial charge in [0.1, 0.15) is 6.10 Å². The Morgan fingerprint density at radius 1 is 1.46 bits per heavy atom. The van der Waals surface area contributed by atoms with Gasteiger partial charge in [0.25, 0.3) is 5.09 Å². The van der Waals surface area contributed by atoms with Crippen LogP contribution in [0.5, 0.6) is 0 Å². The maximum Gasteiger partial charge on any atom is 0.295 e. The molecule has 70 valence electrons. The fourth-order valence-electron chi connectivity index (χ4n) is 0.924. The van der Waals surface area contributed by atoms with Crippen molar-refractivity contribution in [3.63, 3.8) is 0 Å². The number of hydrogen-bond donors (Lipinski definition) is 0. The second-order valence-electron chi connectivity index (χ2n) is 2.52. The van der Waals surface area contributed by atoms with E-state index in [1.54, 1.807) is 31.2 Å². The van der Waals surface area contributed by atoms with Crippen LogP contribution in [0.15, 0.2) is 24.3 Å². The fraction of sp³-hybridized carbons (Fsp3) is 0.250. The molecule has 0 saturated heterocycles. The number of benzene rings is 1. The van der Waals surface area contributed by atoms with E-state index in [1.165, 1.54) is 0 Å². The maximum atomic E-state index is 10.0. The highest BCUT2D eigenvalue weighted by molar-refractivity contribution is 6.30. The van der Waals surface area contributed by atoms with Crippen LogP contribution in [0.3, 0.4) is 0 Å². The summed E-state index contributed by atoms with van der Waals surface area (Å²) >= 11 is 5.65. The fourth-order valence-corrected chi connectivity index (χ4v) is 1.05. The van der Waals surface area contributed by atoms with Gasteiger partial charge in [-0.2, -0.15) is 0 Å². The molecular formula is C8H8ClNO3. The number of halogens is 1. The van der Waals surface area contributed by atoms with Gasteiger partial charge < -0.3 is 4.84 Å². The van der Waals surface area contributed by atoms with E-state index in [2.05, 4.69) is 4.84 Å². The molecule has 0 aromatic heterocycles. The SMILES string of the molecule is CC(O[N+](=O)[O-])c1ccc(Cl)cc1. The monoisotopic (exact) mass is 201 g/mol. The van der Waals surface area contributed by atoms with Gasteiger partial charge in [0.2, 0.25) is 0 Å². The van der Waals surface area contributed by atoms with E-state index in [4.69, 9.17) is 11.6 Å². The lowest BCUT2D eigenvalue weighted by molar-refractivity contribution is -0.770. The topological polar surface area (TPSA) is 52.4 Å². The molecule has 0 spiro atoms. The Balaban J connectivity index is 2.71. The van der Waals surface area contributed by atoms with Crippen LogP contribution in [0.1, 0.15) is 18.6 Å². The van der Waals surface area contributed by atoms with E-state index in [0.717, 1.165) is 5.56 Å². The van der Waals surface area contributed by atoms with Gasteiger partial charge >= 0.3 is 0 Å². The van der Waals surface area contributed by atoms with Crippen molar-refractivity contribution in [1.29, 1.82) is 0 Å². The van der Waals surface area contributed by atoms with Crippen LogP contribution in [0.2, 0.25) is 5.02 Å². The molecule has 1 aromatic rings. The molecule has 0 radical (unpaired) electrons. The van der Waals surface area contributed by atoms with Crippen molar-refractivity contribution in [1.82, 2.24) is 0 Å². The summed E-state index contributed by atoms with van der Waals surface area (Å²) in [5.74, 6) is 0. The standard InChI is InChI=1S/C8H8ClNO3/c1-6(13-10(11)12)7-2-4-8(9)5-3-7/h2-6H,1H3. The third-order valence-corrected chi connectivity index (χ3v) is 1.84. The Hall–Kier alpha value is -1.29. The molecule has 0 aliphatic rings. The summed E-state index contributed by atoms with van der Waals surface area (Å²) in [6.45, 7) is 1.60. The molecule has 1 rings (SSSR count). The zero-order valence-corrected chi connectivity index (χ0v) is 7.69. The van der Waals surface area contributed by atoms with Crippen LogP contribution >= 0.6 is 11.6 Å². The van der Waals surface area contributed by atoms with Gasteiger partial charge in [-0.1, -0.05) is 23.7 Å². The molecule has 1 unspecified atom stereocenters. The summed E-state index contributed by atoms with van der Waals surface area (Å²) in [4.78, 5) is 14.4. The molecular weight excluding hydrogens is 194 g/mol. The minimum Gasteiger partial charge on any atom is -0.306 e. The Labute approximate surface area is 80.2 Å². The number of nitrogens with zero attached hydrogens (tertiary/aromatic N) is 1. The van der Waals surface area contributed by atoms with Gasteiger partial charge in [0.05, 0.1) is 0 Å². The molecule has 1 aromatic carbocycles. The highest BCUT2D eigenvalue weighted by Gasteiger charge is 2.08. The Kier molecular flexibility index (Phi) is 3.08. The highest BCUT2D eigenvalue weighted by atomic mass is 35.5. The van der Waals surface area contributed by atoms with E-state index in [0.29, 0.717) is 5.02 Å². The summed E-state index contributed by atoms with van der Waals surface area (Å²) in [5.41, 5.74) is 0.723. The summed E-state index contributed by atoms with van der Waals surface area (Å²) in [6.07, 6.45) is -0.563. The third kappa shape index (κ3) is 2.91. The van der Waals surface area contributed by atoms with Crippen LogP contribution in [-0.4, -0.2) is 5.09 Å². The first-order chi connectivity index (χ1) is 6.09. The van der Waals surface area contributed by atoms with Crippen molar-refractivity contribution in [2.75, 3.05) is 0 Å². The normalized spacial score (nSPS) is 12.2. The molecule has 0 amide bonds. The number of hydrogen-bond acceptors (Lipinski definition) is 3. The average molecular weight is 202 g/mol. The zero-order chi connectivity index (χ0) is 9.84. The van der Waals surface area contributed by atoms with E-state index in [1.807, 2.05) is 0 Å². The summed E-state index contributed by atoms with van der Waals surface area (Å²) in [6, 6.07) is 6.71. The smallest absolute Gasteiger partial charge is 0.295 e. The van der Waals surface area contributed by atoms with Crippen molar-refractivity contribution in [2.24, 2.45) is 0 Å². The molecule has 0 N–H and O–H groups in total. The molecule has 4 nitrogen and oxygen atoms in total. The quantitative estimate of drug-likeness (QED) is 0.558. The van der Waals surface area contributed by atoms with Crippen LogP contribution in [0.4, 0.5) is 0 Å². The van der Waals surface area contributed by atoms with E-state index < -0.39 is 11.2 Å². The second-order valence-corrected chi connectivity index (χ2v) is 2.96. The summed E-state index contributed by atoms with van der Waals surface area (Å²) in [5, 5.41) is 9.80. The Morgan fingerprint density at radius 3 is 2.46 bits per heavy atom. The summed E-state index contributed by atoms with van der Waals surface area (Å²) in [7, 11) is 0. The van der Waals surface area contributed by atoms with Gasteiger partial charge in [-0.25, -0.2) is 0 Å². The van der Waals surface area contributed by atoms with Crippen molar-refractivity contribution in [3.05, 3.63) is 45.0 Å². The van der Waals surface area contributed by atoms with Crippen LogP contribution in [0, 0.1) is 10.1 Å². The van der Waals surface area contributed by atoms with Crippen LogP contribution < -0.4 is 0 Å². The van der Waals surface area contributed by atoms with Crippen molar-refractivity contribution in [2.45, 2.75) is 13.0 Å². The lowest BCUT2D eigenvalue weighted by atomic mass is 10.1. The summed E-state index contributed by atoms with van der Waals surface area (Å²) < 4.78 is 0. The Bertz CT molecular complexity index is 299. The largest absolute Gasteiger partial charge is 0.306 e. The lowest BCUT2D eigenvalue weighted by Gasteiger charge is -2.08. The zero-order valence-electron chi connectivity index (χ0n) is 6.94. The van der Waals surface area contributed by atoms with E-state index >= 15 is 0 Å². The van der Waals surface area contributed by atoms with Gasteiger partial charge in [-0.15, -0.1) is 10.1 Å². The minimum atomic E-state index is -0.806. The van der Waals surface area contributed by atoms with Gasteiger partial charge in [-0.3, -0.25) is 0 Å². The first-order valence-electron chi connectivity index (χ1n) is 3.66. The molecule has 1 atom stereocenters. The molecule has 0 saturated carbocycles. The van der Waals surface area contributed by atoms with Gasteiger partial charge in [0.15, 0.2) is 0 Å². The first-order valence-corrected chi connectivity index (χ1v) is 4.04. The van der Waals surface area contributed by atoms with Gasteiger partial charge in [0, 0.05) is 5.02 Å². The van der Waals surface area contributed by atoms with Crippen LogP contribution in [-0.2, 0) is 4.84 Å². The predicted octanol–water partition coefficient (Wildman–Crippen LogP) is 2.61. The molecule has 0 bridgehead atoms. The molecule has 0 fully saturated rings. The van der Waals surface area contributed by atoms with E-state index in [-0.39, 0.29) is 0 Å². The highest BCUT2D eigenvalue weighted by Crippen LogP contribution is 2.18. The second kappa shape index (κ2) is 4.09. The number of rotatable bonds is 3. The predicted molar refractivity (Wildman–Crippen MR) is 47.9 cm³/mol. The molecule has 0 heterocycles.